The highest BCUT2D eigenvalue weighted by Crippen LogP contribution is 2.26. The molecule has 1 saturated heterocycles. The number of hydrogen-bond donors (Lipinski definition) is 0. The normalized spacial score (nSPS) is 17.3. The van der Waals surface area contributed by atoms with Crippen molar-refractivity contribution < 1.29 is 17.7 Å². The van der Waals surface area contributed by atoms with Gasteiger partial charge in [0.1, 0.15) is 0 Å². The molecule has 4 rings (SSSR count). The maximum absolute atomic E-state index is 13.4. The molecule has 1 aliphatic heterocycles. The molecule has 3 aromatic rings. The molecule has 0 spiro atoms. The molecule has 1 amide bonds. The number of anilines is 1. The van der Waals surface area contributed by atoms with Crippen LogP contribution in [0.15, 0.2) is 59.1 Å². The fraction of sp³-hybridized carbons (Fsp3) is 0.333. The summed E-state index contributed by atoms with van der Waals surface area (Å²) in [4.78, 5) is 17.0. The van der Waals surface area contributed by atoms with E-state index in [9.17, 15) is 13.2 Å². The Balaban J connectivity index is 1.60. The third-order valence-electron chi connectivity index (χ3n) is 5.78. The number of aryl methyl sites for hydroxylation is 1. The highest BCUT2D eigenvalue weighted by atomic mass is 32.2. The molecule has 8 heteroatoms. The van der Waals surface area contributed by atoms with Crippen molar-refractivity contribution in [2.24, 2.45) is 0 Å². The van der Waals surface area contributed by atoms with Gasteiger partial charge in [0.25, 0.3) is 5.91 Å². The molecule has 1 aromatic heterocycles. The zero-order chi connectivity index (χ0) is 22.9. The Labute approximate surface area is 188 Å². The summed E-state index contributed by atoms with van der Waals surface area (Å²) in [5.74, 6) is 0.236. The van der Waals surface area contributed by atoms with Crippen LogP contribution in [0.25, 0.3) is 11.3 Å². The van der Waals surface area contributed by atoms with Crippen molar-refractivity contribution in [3.8, 4) is 11.3 Å². The number of hydrogen-bond acceptors (Lipinski definition) is 6. The summed E-state index contributed by atoms with van der Waals surface area (Å²) in [6.07, 6.45) is 0.423. The second-order valence-electron chi connectivity index (χ2n) is 8.49. The third kappa shape index (κ3) is 4.85. The van der Waals surface area contributed by atoms with Gasteiger partial charge in [0.15, 0.2) is 21.3 Å². The molecule has 1 atom stereocenters. The van der Waals surface area contributed by atoms with Crippen LogP contribution in [0.1, 0.15) is 28.0 Å². The maximum atomic E-state index is 13.4. The van der Waals surface area contributed by atoms with E-state index >= 15 is 0 Å². The molecule has 1 aliphatic rings. The molecule has 0 bridgehead atoms. The van der Waals surface area contributed by atoms with Crippen LogP contribution >= 0.6 is 0 Å². The van der Waals surface area contributed by atoms with Crippen molar-refractivity contribution in [2.75, 3.05) is 30.5 Å². The lowest BCUT2D eigenvalue weighted by atomic mass is 10.1. The second-order valence-corrected chi connectivity index (χ2v) is 10.7. The van der Waals surface area contributed by atoms with Gasteiger partial charge in [-0.2, -0.15) is 0 Å². The van der Waals surface area contributed by atoms with Crippen molar-refractivity contribution in [1.29, 1.82) is 0 Å². The minimum absolute atomic E-state index is 0.0306. The zero-order valence-corrected chi connectivity index (χ0v) is 19.3. The van der Waals surface area contributed by atoms with Gasteiger partial charge in [-0.05, 0) is 31.0 Å². The molecule has 1 fully saturated rings. The highest BCUT2D eigenvalue weighted by Gasteiger charge is 2.36. The van der Waals surface area contributed by atoms with E-state index in [0.717, 1.165) is 22.4 Å². The summed E-state index contributed by atoms with van der Waals surface area (Å²) in [7, 11) is 0.773. The highest BCUT2D eigenvalue weighted by molar-refractivity contribution is 7.91. The fourth-order valence-corrected chi connectivity index (χ4v) is 5.59. The fourth-order valence-electron chi connectivity index (χ4n) is 3.86. The van der Waals surface area contributed by atoms with Gasteiger partial charge in [0.05, 0.1) is 11.5 Å². The van der Waals surface area contributed by atoms with Crippen molar-refractivity contribution >= 4 is 21.4 Å². The summed E-state index contributed by atoms with van der Waals surface area (Å²) < 4.78 is 29.7. The number of carbonyl (C=O) groups excluding carboxylic acids is 1. The SMILES string of the molecule is Cc1ccc(-c2cc(C(=O)N(Cc3ccc(N(C)C)cc3)[C@H]3CCS(=O)(=O)C3)no2)cc1. The van der Waals surface area contributed by atoms with E-state index in [1.165, 1.54) is 0 Å². The Morgan fingerprint density at radius 3 is 2.38 bits per heavy atom. The Morgan fingerprint density at radius 1 is 1.09 bits per heavy atom. The molecule has 32 heavy (non-hydrogen) atoms. The number of amides is 1. The molecule has 0 radical (unpaired) electrons. The topological polar surface area (TPSA) is 83.7 Å². The van der Waals surface area contributed by atoms with Crippen molar-refractivity contribution in [3.63, 3.8) is 0 Å². The summed E-state index contributed by atoms with van der Waals surface area (Å²) in [5.41, 5.74) is 4.11. The van der Waals surface area contributed by atoms with Crippen molar-refractivity contribution in [2.45, 2.75) is 25.9 Å². The van der Waals surface area contributed by atoms with Crippen LogP contribution in [0.4, 0.5) is 5.69 Å². The van der Waals surface area contributed by atoms with E-state index in [-0.39, 0.29) is 29.1 Å². The molecule has 2 aromatic carbocycles. The Morgan fingerprint density at radius 2 is 1.78 bits per heavy atom. The first kappa shape index (κ1) is 22.1. The van der Waals surface area contributed by atoms with Crippen LogP contribution in [0.2, 0.25) is 0 Å². The Bertz CT molecular complexity index is 1200. The van der Waals surface area contributed by atoms with Crippen LogP contribution in [-0.2, 0) is 16.4 Å². The summed E-state index contributed by atoms with van der Waals surface area (Å²) in [6, 6.07) is 16.9. The van der Waals surface area contributed by atoms with Gasteiger partial charge in [-0.1, -0.05) is 47.1 Å². The Hall–Kier alpha value is -3.13. The van der Waals surface area contributed by atoms with Gasteiger partial charge in [-0.3, -0.25) is 4.79 Å². The second kappa shape index (κ2) is 8.78. The quantitative estimate of drug-likeness (QED) is 0.568. The predicted octanol–water partition coefficient (Wildman–Crippen LogP) is 3.55. The summed E-state index contributed by atoms with van der Waals surface area (Å²) >= 11 is 0. The number of rotatable bonds is 6. The summed E-state index contributed by atoms with van der Waals surface area (Å²) in [5, 5.41) is 4.00. The van der Waals surface area contributed by atoms with Crippen molar-refractivity contribution in [1.82, 2.24) is 10.1 Å². The number of nitrogens with zero attached hydrogens (tertiary/aromatic N) is 3. The Kier molecular flexibility index (Phi) is 6.06. The van der Waals surface area contributed by atoms with E-state index in [1.54, 1.807) is 11.0 Å². The lowest BCUT2D eigenvalue weighted by Crippen LogP contribution is -2.40. The molecule has 0 saturated carbocycles. The average molecular weight is 454 g/mol. The van der Waals surface area contributed by atoms with Gasteiger partial charge in [0.2, 0.25) is 0 Å². The minimum atomic E-state index is -3.15. The first-order valence-electron chi connectivity index (χ1n) is 10.5. The van der Waals surface area contributed by atoms with Crippen molar-refractivity contribution in [3.05, 3.63) is 71.4 Å². The van der Waals surface area contributed by atoms with Crippen LogP contribution < -0.4 is 4.90 Å². The maximum Gasteiger partial charge on any atom is 0.276 e. The van der Waals surface area contributed by atoms with E-state index in [4.69, 9.17) is 4.52 Å². The number of sulfone groups is 1. The lowest BCUT2D eigenvalue weighted by molar-refractivity contribution is 0.0670. The van der Waals surface area contributed by atoms with E-state index < -0.39 is 9.84 Å². The predicted molar refractivity (Wildman–Crippen MR) is 124 cm³/mol. The molecule has 0 unspecified atom stereocenters. The van der Waals surface area contributed by atoms with Crippen LogP contribution in [0.5, 0.6) is 0 Å². The van der Waals surface area contributed by atoms with Gasteiger partial charge in [-0.25, -0.2) is 8.42 Å². The first-order valence-corrected chi connectivity index (χ1v) is 12.4. The first-order chi connectivity index (χ1) is 15.2. The average Bonchev–Trinajstić information content (AvgIpc) is 3.39. The molecule has 168 valence electrons. The van der Waals surface area contributed by atoms with E-state index in [1.807, 2.05) is 74.4 Å². The van der Waals surface area contributed by atoms with Crippen LogP contribution in [0.3, 0.4) is 0 Å². The largest absolute Gasteiger partial charge is 0.378 e. The zero-order valence-electron chi connectivity index (χ0n) is 18.5. The van der Waals surface area contributed by atoms with Crippen LogP contribution in [-0.4, -0.2) is 56.0 Å². The minimum Gasteiger partial charge on any atom is -0.378 e. The molecular weight excluding hydrogens is 426 g/mol. The van der Waals surface area contributed by atoms with E-state index in [2.05, 4.69) is 5.16 Å². The molecule has 0 aliphatic carbocycles. The molecule has 0 N–H and O–H groups in total. The van der Waals surface area contributed by atoms with Gasteiger partial charge in [0, 0.05) is 44.0 Å². The summed E-state index contributed by atoms with van der Waals surface area (Å²) in [6.45, 7) is 2.30. The molecular formula is C24H27N3O4S. The standard InChI is InChI=1S/C24H27N3O4S/c1-17-4-8-19(9-5-17)23-14-22(25-31-23)24(28)27(21-12-13-32(29,30)16-21)15-18-6-10-20(11-7-18)26(2)3/h4-11,14,21H,12-13,15-16H2,1-3H3/t21-/m0/s1. The van der Waals surface area contributed by atoms with Gasteiger partial charge >= 0.3 is 0 Å². The number of benzene rings is 2. The third-order valence-corrected chi connectivity index (χ3v) is 7.53. The molecule has 7 nitrogen and oxygen atoms in total. The van der Waals surface area contributed by atoms with Gasteiger partial charge in [-0.15, -0.1) is 0 Å². The lowest BCUT2D eigenvalue weighted by Gasteiger charge is -2.27. The van der Waals surface area contributed by atoms with Crippen LogP contribution in [0, 0.1) is 6.92 Å². The monoisotopic (exact) mass is 453 g/mol. The smallest absolute Gasteiger partial charge is 0.276 e. The number of carbonyl (C=O) groups is 1. The number of aromatic nitrogens is 1. The van der Waals surface area contributed by atoms with E-state index in [0.29, 0.717) is 18.7 Å². The van der Waals surface area contributed by atoms with Gasteiger partial charge < -0.3 is 14.3 Å². The molecule has 2 heterocycles.